The topological polar surface area (TPSA) is 238 Å². The monoisotopic (exact) mass is 688 g/mol. The summed E-state index contributed by atoms with van der Waals surface area (Å²) in [6.07, 6.45) is 0.578. The largest absolute Gasteiger partial charge is 0.480 e. The molecule has 2 aliphatic rings. The van der Waals surface area contributed by atoms with Gasteiger partial charge in [-0.25, -0.2) is 0 Å². The number of carboxylic acids is 5. The van der Waals surface area contributed by atoms with Crippen molar-refractivity contribution in [3.05, 3.63) is 0 Å². The van der Waals surface area contributed by atoms with Crippen LogP contribution in [-0.4, -0.2) is 240 Å². The van der Waals surface area contributed by atoms with E-state index in [1.807, 2.05) is 4.90 Å². The lowest BCUT2D eigenvalue weighted by Crippen LogP contribution is -2.48. The summed E-state index contributed by atoms with van der Waals surface area (Å²) in [5.74, 6) is -5.18. The summed E-state index contributed by atoms with van der Waals surface area (Å²) in [5.41, 5.74) is 0. The third kappa shape index (κ3) is 18.8. The van der Waals surface area contributed by atoms with Crippen LogP contribution in [0.5, 0.6) is 0 Å². The zero-order chi connectivity index (χ0) is 35.5. The van der Waals surface area contributed by atoms with Crippen molar-refractivity contribution in [3.63, 3.8) is 0 Å². The molecule has 0 aromatic carbocycles. The van der Waals surface area contributed by atoms with Crippen LogP contribution >= 0.6 is 0 Å². The van der Waals surface area contributed by atoms with Gasteiger partial charge in [0.2, 0.25) is 5.91 Å². The number of nitrogens with zero attached hydrogens (tertiary/aromatic N) is 7. The molecule has 0 atom stereocenters. The van der Waals surface area contributed by atoms with Crippen molar-refractivity contribution >= 4 is 35.8 Å². The molecule has 6 N–H and O–H groups in total. The highest BCUT2D eigenvalue weighted by Crippen LogP contribution is 2.04. The Kier molecular flexibility index (Phi) is 18.9. The van der Waals surface area contributed by atoms with E-state index in [1.54, 1.807) is 24.5 Å². The van der Waals surface area contributed by atoms with Crippen molar-refractivity contribution in [2.45, 2.75) is 6.42 Å². The summed E-state index contributed by atoms with van der Waals surface area (Å²) in [6, 6.07) is 0. The molecule has 19 heteroatoms. The molecule has 1 amide bonds. The summed E-state index contributed by atoms with van der Waals surface area (Å²) in [6.45, 7) is 5.66. The SMILES string of the molecule is O=C(O)CN1CCN(CCCNC(=O)CN2CCN(CC(=O)O)CCN(CC(=O)O)CC2)CCN(CC(=O)O)CCN(CC(=O)O)CC1. The van der Waals surface area contributed by atoms with Crippen LogP contribution in [0.25, 0.3) is 0 Å². The summed E-state index contributed by atoms with van der Waals surface area (Å²) in [4.78, 5) is 82.4. The fraction of sp³-hybridized carbons (Fsp3) is 0.793. The van der Waals surface area contributed by atoms with Crippen LogP contribution in [0.1, 0.15) is 6.42 Å². The van der Waals surface area contributed by atoms with Crippen LogP contribution in [0.15, 0.2) is 0 Å². The molecule has 2 fully saturated rings. The molecule has 19 nitrogen and oxygen atoms in total. The molecule has 0 unspecified atom stereocenters. The molecule has 2 aliphatic heterocycles. The number of carbonyl (C=O) groups is 6. The van der Waals surface area contributed by atoms with E-state index in [0.717, 1.165) is 0 Å². The molecule has 0 aromatic rings. The maximum absolute atomic E-state index is 12.9. The zero-order valence-electron chi connectivity index (χ0n) is 27.6. The summed E-state index contributed by atoms with van der Waals surface area (Å²) in [7, 11) is 0. The smallest absolute Gasteiger partial charge is 0.317 e. The lowest BCUT2D eigenvalue weighted by molar-refractivity contribution is -0.140. The Bertz CT molecular complexity index is 1010. The molecule has 0 aliphatic carbocycles. The van der Waals surface area contributed by atoms with E-state index < -0.39 is 29.8 Å². The Labute approximate surface area is 280 Å². The predicted molar refractivity (Wildman–Crippen MR) is 171 cm³/mol. The van der Waals surface area contributed by atoms with Gasteiger partial charge in [-0.15, -0.1) is 0 Å². The van der Waals surface area contributed by atoms with Crippen molar-refractivity contribution in [2.24, 2.45) is 0 Å². The molecule has 2 saturated heterocycles. The second kappa shape index (κ2) is 22.2. The van der Waals surface area contributed by atoms with Gasteiger partial charge in [0.15, 0.2) is 0 Å². The van der Waals surface area contributed by atoms with Gasteiger partial charge >= 0.3 is 29.8 Å². The Morgan fingerprint density at radius 1 is 0.375 bits per heavy atom. The van der Waals surface area contributed by atoms with Crippen LogP contribution < -0.4 is 5.32 Å². The van der Waals surface area contributed by atoms with E-state index >= 15 is 0 Å². The third-order valence-electron chi connectivity index (χ3n) is 8.26. The van der Waals surface area contributed by atoms with Gasteiger partial charge in [0, 0.05) is 98.2 Å². The Morgan fingerprint density at radius 3 is 0.854 bits per heavy atom. The van der Waals surface area contributed by atoms with Crippen molar-refractivity contribution < 1.29 is 54.3 Å². The summed E-state index contributed by atoms with van der Waals surface area (Å²) < 4.78 is 0. The van der Waals surface area contributed by atoms with Gasteiger partial charge < -0.3 is 35.7 Å². The van der Waals surface area contributed by atoms with E-state index in [-0.39, 0.29) is 45.2 Å². The number of carbonyl (C=O) groups excluding carboxylic acids is 1. The van der Waals surface area contributed by atoms with Crippen molar-refractivity contribution in [3.8, 4) is 0 Å². The van der Waals surface area contributed by atoms with Crippen molar-refractivity contribution in [1.82, 2.24) is 39.6 Å². The van der Waals surface area contributed by atoms with Crippen LogP contribution in [0.4, 0.5) is 0 Å². The number of amides is 1. The number of nitrogens with one attached hydrogen (secondary N) is 1. The lowest BCUT2D eigenvalue weighted by atomic mass is 10.3. The first-order chi connectivity index (χ1) is 22.8. The summed E-state index contributed by atoms with van der Waals surface area (Å²) in [5, 5.41) is 49.5. The molecule has 0 saturated carbocycles. The first kappa shape index (κ1) is 40.7. The fourth-order valence-corrected chi connectivity index (χ4v) is 5.68. The molecule has 274 valence electrons. The van der Waals surface area contributed by atoms with Gasteiger partial charge in [0.25, 0.3) is 0 Å². The van der Waals surface area contributed by atoms with E-state index in [2.05, 4.69) is 10.2 Å². The highest BCUT2D eigenvalue weighted by Gasteiger charge is 2.22. The molecule has 0 bridgehead atoms. The fourth-order valence-electron chi connectivity index (χ4n) is 5.68. The predicted octanol–water partition coefficient (Wildman–Crippen LogP) is -3.94. The molecule has 0 radical (unpaired) electrons. The maximum Gasteiger partial charge on any atom is 0.317 e. The lowest BCUT2D eigenvalue weighted by Gasteiger charge is -2.33. The van der Waals surface area contributed by atoms with E-state index in [4.69, 9.17) is 0 Å². The summed E-state index contributed by atoms with van der Waals surface area (Å²) >= 11 is 0. The van der Waals surface area contributed by atoms with E-state index in [1.165, 1.54) is 0 Å². The first-order valence-corrected chi connectivity index (χ1v) is 16.2. The van der Waals surface area contributed by atoms with Crippen LogP contribution in [0.2, 0.25) is 0 Å². The van der Waals surface area contributed by atoms with Gasteiger partial charge in [-0.2, -0.15) is 0 Å². The molecule has 48 heavy (non-hydrogen) atoms. The molecule has 2 rings (SSSR count). The van der Waals surface area contributed by atoms with Gasteiger partial charge in [0.1, 0.15) is 0 Å². The number of hydrogen-bond donors (Lipinski definition) is 6. The first-order valence-electron chi connectivity index (χ1n) is 16.2. The highest BCUT2D eigenvalue weighted by molar-refractivity contribution is 5.78. The molecule has 0 aromatic heterocycles. The number of hydrogen-bond acceptors (Lipinski definition) is 13. The van der Waals surface area contributed by atoms with Gasteiger partial charge in [-0.3, -0.25) is 58.2 Å². The van der Waals surface area contributed by atoms with Crippen LogP contribution in [0, 0.1) is 0 Å². The van der Waals surface area contributed by atoms with E-state index in [0.29, 0.717) is 111 Å². The zero-order valence-corrected chi connectivity index (χ0v) is 27.6. The van der Waals surface area contributed by atoms with Crippen LogP contribution in [-0.2, 0) is 28.8 Å². The number of aliphatic carboxylic acids is 5. The van der Waals surface area contributed by atoms with Gasteiger partial charge in [-0.05, 0) is 13.0 Å². The minimum absolute atomic E-state index is 0.0682. The second-order valence-corrected chi connectivity index (χ2v) is 12.2. The normalized spacial score (nSPS) is 20.0. The number of carboxylic acid groups (broad SMARTS) is 5. The minimum Gasteiger partial charge on any atom is -0.480 e. The van der Waals surface area contributed by atoms with Gasteiger partial charge in [-0.1, -0.05) is 0 Å². The molecular weight excluding hydrogens is 636 g/mol. The van der Waals surface area contributed by atoms with Crippen molar-refractivity contribution in [2.75, 3.05) is 144 Å². The average molecular weight is 689 g/mol. The minimum atomic E-state index is -1.02. The van der Waals surface area contributed by atoms with Gasteiger partial charge in [0.05, 0.1) is 39.3 Å². The Morgan fingerprint density at radius 2 is 0.604 bits per heavy atom. The third-order valence-corrected chi connectivity index (χ3v) is 8.26. The molecular formula is C29H52N8O11. The second-order valence-electron chi connectivity index (χ2n) is 12.2. The maximum atomic E-state index is 12.9. The van der Waals surface area contributed by atoms with Crippen molar-refractivity contribution in [1.29, 1.82) is 0 Å². The number of rotatable bonds is 16. The Hall–Kier alpha value is -3.46. The average Bonchev–Trinajstić information content (AvgIpc) is 3.06. The van der Waals surface area contributed by atoms with Crippen LogP contribution in [0.3, 0.4) is 0 Å². The standard InChI is InChI=1S/C29H52N8O11/c38-24(18-32-8-10-35(21-27(43)44)16-17-36(11-9-32)22-28(45)46)30-2-1-3-31-4-6-33(19-25(39)40)12-14-37(23-29(47)48)15-13-34(7-5-31)20-26(41)42/h1-23H2,(H,30,38)(H,39,40)(H,41,42)(H,43,44)(H,45,46)(H,47,48). The quantitative estimate of drug-likeness (QED) is 0.0849. The highest BCUT2D eigenvalue weighted by atomic mass is 16.4. The molecule has 0 spiro atoms. The van der Waals surface area contributed by atoms with E-state index in [9.17, 15) is 54.3 Å². The Balaban J connectivity index is 1.95. The molecule has 2 heterocycles.